The molecule has 4 aliphatic rings. The molecule has 4 heteroatoms. The molecule has 0 saturated heterocycles. The third kappa shape index (κ3) is 3.55. The van der Waals surface area contributed by atoms with Gasteiger partial charge in [0.15, 0.2) is 11.5 Å². The first kappa shape index (κ1) is 17.3. The molecule has 0 spiro atoms. The zero-order valence-electron chi connectivity index (χ0n) is 15.5. The highest BCUT2D eigenvalue weighted by atomic mass is 32.2. The molecule has 0 amide bonds. The third-order valence-corrected chi connectivity index (χ3v) is 7.50. The van der Waals surface area contributed by atoms with Crippen molar-refractivity contribution in [3.8, 4) is 5.75 Å². The van der Waals surface area contributed by atoms with Gasteiger partial charge in [-0.3, -0.25) is 0 Å². The Kier molecular flexibility index (Phi) is 4.30. The minimum Gasteiger partial charge on any atom is -0.482 e. The summed E-state index contributed by atoms with van der Waals surface area (Å²) in [6.07, 6.45) is 11.5. The van der Waals surface area contributed by atoms with E-state index in [0.29, 0.717) is 5.41 Å². The standard InChI is InChI=1S/C21H29O3S/c1-20-9-15-8-16(10-20)12-21(11-15,14-20)24-19(22)13-23-17-4-6-18(7-5-17)25(2)3/h4-7,15-16H,8-14H2,1-3H3/q+1. The van der Waals surface area contributed by atoms with Gasteiger partial charge in [-0.25, -0.2) is 4.79 Å². The van der Waals surface area contributed by atoms with Crippen molar-refractivity contribution >= 4 is 16.9 Å². The Labute approximate surface area is 153 Å². The van der Waals surface area contributed by atoms with Crippen LogP contribution in [0.3, 0.4) is 0 Å². The minimum absolute atomic E-state index is 0.0110. The lowest BCUT2D eigenvalue weighted by Gasteiger charge is -2.60. The highest BCUT2D eigenvalue weighted by Gasteiger charge is 2.57. The van der Waals surface area contributed by atoms with E-state index >= 15 is 0 Å². The normalized spacial score (nSPS) is 35.8. The van der Waals surface area contributed by atoms with Crippen molar-refractivity contribution in [2.24, 2.45) is 17.3 Å². The Bertz CT molecular complexity index is 638. The van der Waals surface area contributed by atoms with Crippen molar-refractivity contribution in [3.05, 3.63) is 24.3 Å². The van der Waals surface area contributed by atoms with Gasteiger partial charge in [0.25, 0.3) is 0 Å². The Hall–Kier alpha value is -1.16. The van der Waals surface area contributed by atoms with E-state index in [-0.39, 0.29) is 29.1 Å². The zero-order chi connectivity index (χ0) is 17.7. The van der Waals surface area contributed by atoms with Gasteiger partial charge in [0, 0.05) is 10.9 Å². The second kappa shape index (κ2) is 6.22. The zero-order valence-corrected chi connectivity index (χ0v) is 16.4. The average Bonchev–Trinajstić information content (AvgIpc) is 2.50. The van der Waals surface area contributed by atoms with Gasteiger partial charge in [-0.05, 0) is 80.0 Å². The van der Waals surface area contributed by atoms with E-state index in [1.54, 1.807) is 0 Å². The van der Waals surface area contributed by atoms with Crippen molar-refractivity contribution in [2.45, 2.75) is 55.9 Å². The molecule has 0 N–H and O–H groups in total. The SMILES string of the molecule is C[S+](C)c1ccc(OCC(=O)OC23CC4CC(CC(C)(C4)C2)C3)cc1. The average molecular weight is 362 g/mol. The van der Waals surface area contributed by atoms with Crippen LogP contribution in [-0.4, -0.2) is 30.7 Å². The smallest absolute Gasteiger partial charge is 0.344 e. The highest BCUT2D eigenvalue weighted by Crippen LogP contribution is 2.62. The molecule has 0 heterocycles. The topological polar surface area (TPSA) is 35.5 Å². The molecular formula is C21H29O3S+. The predicted octanol–water partition coefficient (Wildman–Crippen LogP) is 4.20. The van der Waals surface area contributed by atoms with E-state index in [9.17, 15) is 4.79 Å². The number of esters is 1. The Morgan fingerprint density at radius 1 is 1.12 bits per heavy atom. The van der Waals surface area contributed by atoms with Crippen molar-refractivity contribution in [2.75, 3.05) is 19.1 Å². The summed E-state index contributed by atoms with van der Waals surface area (Å²) in [6, 6.07) is 8.04. The van der Waals surface area contributed by atoms with E-state index in [1.165, 1.54) is 24.2 Å². The van der Waals surface area contributed by atoms with Crippen LogP contribution in [0.5, 0.6) is 5.75 Å². The molecule has 4 bridgehead atoms. The number of carbonyl (C=O) groups is 1. The minimum atomic E-state index is -0.208. The Morgan fingerprint density at radius 3 is 2.32 bits per heavy atom. The van der Waals surface area contributed by atoms with Gasteiger partial charge in [0.05, 0.1) is 0 Å². The summed E-state index contributed by atoms with van der Waals surface area (Å²) in [5, 5.41) is 0. The highest BCUT2D eigenvalue weighted by molar-refractivity contribution is 7.95. The first-order valence-corrected chi connectivity index (χ1v) is 11.4. The molecule has 2 unspecified atom stereocenters. The lowest BCUT2D eigenvalue weighted by molar-refractivity contribution is -0.200. The first-order chi connectivity index (χ1) is 11.8. The molecule has 136 valence electrons. The maximum atomic E-state index is 12.4. The van der Waals surface area contributed by atoms with E-state index in [1.807, 2.05) is 12.1 Å². The molecule has 1 aromatic carbocycles. The Morgan fingerprint density at radius 2 is 1.76 bits per heavy atom. The van der Waals surface area contributed by atoms with Gasteiger partial charge < -0.3 is 9.47 Å². The summed E-state index contributed by atoms with van der Waals surface area (Å²) in [6.45, 7) is 2.40. The van der Waals surface area contributed by atoms with Crippen LogP contribution in [0.15, 0.2) is 29.2 Å². The van der Waals surface area contributed by atoms with E-state index in [0.717, 1.165) is 36.8 Å². The summed E-state index contributed by atoms with van der Waals surface area (Å²) < 4.78 is 11.7. The molecule has 25 heavy (non-hydrogen) atoms. The second-order valence-corrected chi connectivity index (χ2v) is 11.1. The number of benzene rings is 1. The molecule has 5 rings (SSSR count). The summed E-state index contributed by atoms with van der Waals surface area (Å²) in [4.78, 5) is 13.7. The predicted molar refractivity (Wildman–Crippen MR) is 101 cm³/mol. The first-order valence-electron chi connectivity index (χ1n) is 9.37. The van der Waals surface area contributed by atoms with Crippen LogP contribution in [0.1, 0.15) is 45.4 Å². The van der Waals surface area contributed by atoms with Crippen molar-refractivity contribution in [1.82, 2.24) is 0 Å². The van der Waals surface area contributed by atoms with Crippen LogP contribution in [0.25, 0.3) is 0 Å². The molecular weight excluding hydrogens is 332 g/mol. The summed E-state index contributed by atoms with van der Waals surface area (Å²) >= 11 is 0. The number of hydrogen-bond acceptors (Lipinski definition) is 3. The lowest BCUT2D eigenvalue weighted by Crippen LogP contribution is -2.56. The van der Waals surface area contributed by atoms with Crippen LogP contribution in [0, 0.1) is 17.3 Å². The number of rotatable bonds is 5. The van der Waals surface area contributed by atoms with Gasteiger partial charge in [-0.15, -0.1) is 0 Å². The summed E-state index contributed by atoms with van der Waals surface area (Å²) in [7, 11) is 0.241. The van der Waals surface area contributed by atoms with Gasteiger partial charge in [-0.2, -0.15) is 0 Å². The molecule has 1 aromatic rings. The van der Waals surface area contributed by atoms with E-state index in [2.05, 4.69) is 31.6 Å². The van der Waals surface area contributed by atoms with Crippen LogP contribution in [0.4, 0.5) is 0 Å². The van der Waals surface area contributed by atoms with Gasteiger partial charge in [0.2, 0.25) is 0 Å². The third-order valence-electron chi connectivity index (χ3n) is 6.28. The largest absolute Gasteiger partial charge is 0.482 e. The van der Waals surface area contributed by atoms with Gasteiger partial charge in [0.1, 0.15) is 23.9 Å². The fraction of sp³-hybridized carbons (Fsp3) is 0.667. The monoisotopic (exact) mass is 361 g/mol. The lowest BCUT2D eigenvalue weighted by atomic mass is 9.48. The molecule has 0 radical (unpaired) electrons. The fourth-order valence-electron chi connectivity index (χ4n) is 5.97. The van der Waals surface area contributed by atoms with E-state index in [4.69, 9.17) is 9.47 Å². The van der Waals surface area contributed by atoms with Crippen LogP contribution in [0.2, 0.25) is 0 Å². The van der Waals surface area contributed by atoms with Gasteiger partial charge >= 0.3 is 5.97 Å². The number of carbonyl (C=O) groups excluding carboxylic acids is 1. The van der Waals surface area contributed by atoms with Gasteiger partial charge in [-0.1, -0.05) is 6.92 Å². The van der Waals surface area contributed by atoms with E-state index < -0.39 is 0 Å². The summed E-state index contributed by atoms with van der Waals surface area (Å²) in [5.74, 6) is 2.04. The fourth-order valence-corrected chi connectivity index (χ4v) is 6.65. The molecule has 2 atom stereocenters. The maximum Gasteiger partial charge on any atom is 0.344 e. The van der Waals surface area contributed by atoms with Crippen molar-refractivity contribution in [1.29, 1.82) is 0 Å². The number of hydrogen-bond donors (Lipinski definition) is 0. The number of ether oxygens (including phenoxy) is 2. The molecule has 0 aromatic heterocycles. The second-order valence-electron chi connectivity index (χ2n) is 9.01. The molecule has 4 fully saturated rings. The quantitative estimate of drug-likeness (QED) is 0.582. The van der Waals surface area contributed by atoms with Crippen LogP contribution in [-0.2, 0) is 20.4 Å². The molecule has 4 saturated carbocycles. The maximum absolute atomic E-state index is 12.4. The Balaban J connectivity index is 1.35. The van der Waals surface area contributed by atoms with Crippen LogP contribution >= 0.6 is 0 Å². The molecule has 3 nitrogen and oxygen atoms in total. The molecule has 4 aliphatic carbocycles. The summed E-state index contributed by atoms with van der Waals surface area (Å²) in [5.41, 5.74) is 0.181. The van der Waals surface area contributed by atoms with Crippen LogP contribution < -0.4 is 4.74 Å². The molecule has 0 aliphatic heterocycles. The van der Waals surface area contributed by atoms with Crippen molar-refractivity contribution < 1.29 is 14.3 Å². The van der Waals surface area contributed by atoms with Crippen molar-refractivity contribution in [3.63, 3.8) is 0 Å².